The second-order valence-electron chi connectivity index (χ2n) is 10.4. The van der Waals surface area contributed by atoms with Crippen molar-refractivity contribution < 1.29 is 18.0 Å². The molecule has 0 aliphatic rings. The minimum atomic E-state index is -3.56. The van der Waals surface area contributed by atoms with Gasteiger partial charge in [0.25, 0.3) is 0 Å². The van der Waals surface area contributed by atoms with Crippen LogP contribution in [0.2, 0.25) is 5.02 Å². The van der Waals surface area contributed by atoms with Crippen LogP contribution in [0, 0.1) is 6.92 Å². The fourth-order valence-corrected chi connectivity index (χ4v) is 5.65. The van der Waals surface area contributed by atoms with Gasteiger partial charge in [-0.05, 0) is 67.6 Å². The lowest BCUT2D eigenvalue weighted by Gasteiger charge is -2.32. The molecule has 0 saturated carbocycles. The molecule has 0 radical (unpaired) electrons. The molecule has 0 bridgehead atoms. The summed E-state index contributed by atoms with van der Waals surface area (Å²) in [6.45, 7) is 6.20. The zero-order valence-corrected chi connectivity index (χ0v) is 25.8. The van der Waals surface area contributed by atoms with Crippen molar-refractivity contribution in [2.45, 2.75) is 65.1 Å². The Morgan fingerprint density at radius 2 is 1.63 bits per heavy atom. The highest BCUT2D eigenvalue weighted by atomic mass is 35.5. The molecule has 3 aromatic rings. The summed E-state index contributed by atoms with van der Waals surface area (Å²) in [6, 6.07) is 23.3. The molecule has 7 nitrogen and oxygen atoms in total. The van der Waals surface area contributed by atoms with Gasteiger partial charge >= 0.3 is 0 Å². The van der Waals surface area contributed by atoms with Crippen LogP contribution in [-0.2, 0) is 32.6 Å². The van der Waals surface area contributed by atoms with Crippen LogP contribution in [0.5, 0.6) is 0 Å². The maximum Gasteiger partial charge on any atom is 0.243 e. The molecular formula is C32H40ClN3O4S. The third kappa shape index (κ3) is 9.90. The van der Waals surface area contributed by atoms with Crippen molar-refractivity contribution in [1.82, 2.24) is 10.2 Å². The first-order valence-corrected chi connectivity index (χ1v) is 16.1. The number of halogens is 1. The Labute approximate surface area is 249 Å². The number of carbonyl (C=O) groups excluding carboxylic acids is 2. The van der Waals surface area contributed by atoms with E-state index in [1.165, 1.54) is 10.6 Å². The lowest BCUT2D eigenvalue weighted by molar-refractivity contribution is -0.141. The van der Waals surface area contributed by atoms with E-state index in [1.807, 2.05) is 81.4 Å². The summed E-state index contributed by atoms with van der Waals surface area (Å²) < 4.78 is 26.6. The average molecular weight is 598 g/mol. The molecule has 3 aromatic carbocycles. The zero-order valence-electron chi connectivity index (χ0n) is 24.2. The minimum absolute atomic E-state index is 0.0501. The van der Waals surface area contributed by atoms with Gasteiger partial charge in [-0.1, -0.05) is 73.1 Å². The largest absolute Gasteiger partial charge is 0.352 e. The average Bonchev–Trinajstić information content (AvgIpc) is 2.93. The predicted molar refractivity (Wildman–Crippen MR) is 166 cm³/mol. The van der Waals surface area contributed by atoms with Gasteiger partial charge in [0.15, 0.2) is 0 Å². The lowest BCUT2D eigenvalue weighted by Crippen LogP contribution is -2.52. The molecule has 0 heterocycles. The van der Waals surface area contributed by atoms with Gasteiger partial charge < -0.3 is 10.2 Å². The quantitative estimate of drug-likeness (QED) is 0.256. The van der Waals surface area contributed by atoms with E-state index in [-0.39, 0.29) is 37.4 Å². The Balaban J connectivity index is 1.89. The highest BCUT2D eigenvalue weighted by Gasteiger charge is 2.31. The topological polar surface area (TPSA) is 86.8 Å². The third-order valence-electron chi connectivity index (χ3n) is 6.98. The Morgan fingerprint density at radius 1 is 0.951 bits per heavy atom. The number of sulfonamides is 1. The monoisotopic (exact) mass is 597 g/mol. The molecule has 220 valence electrons. The third-order valence-corrected chi connectivity index (χ3v) is 8.43. The van der Waals surface area contributed by atoms with Crippen LogP contribution >= 0.6 is 11.6 Å². The number of benzene rings is 3. The van der Waals surface area contributed by atoms with Gasteiger partial charge in [-0.25, -0.2) is 8.42 Å². The van der Waals surface area contributed by atoms with Gasteiger partial charge in [0.1, 0.15) is 6.04 Å². The van der Waals surface area contributed by atoms with E-state index in [4.69, 9.17) is 11.6 Å². The zero-order chi connectivity index (χ0) is 30.0. The highest BCUT2D eigenvalue weighted by molar-refractivity contribution is 7.92. The number of anilines is 1. The molecule has 0 unspecified atom stereocenters. The Morgan fingerprint density at radius 3 is 2.24 bits per heavy atom. The summed E-state index contributed by atoms with van der Waals surface area (Å²) in [5.41, 5.74) is 3.29. The van der Waals surface area contributed by atoms with Gasteiger partial charge in [-0.2, -0.15) is 0 Å². The van der Waals surface area contributed by atoms with Crippen LogP contribution in [0.15, 0.2) is 78.9 Å². The summed E-state index contributed by atoms with van der Waals surface area (Å²) in [4.78, 5) is 29.1. The smallest absolute Gasteiger partial charge is 0.243 e. The number of hydrogen-bond acceptors (Lipinski definition) is 4. The number of hydrogen-bond donors (Lipinski definition) is 1. The fourth-order valence-electron chi connectivity index (χ4n) is 4.57. The standard InChI is InChI=1S/C32H40ClN3O4S/c1-5-25(3)34-32(38)30(22-26-12-7-6-8-13-26)35(23-27-16-18-28(33)19-17-27)31(37)15-10-20-36(41(4,39)40)29-14-9-11-24(2)21-29/h6-9,11-14,16-19,21,25,30H,5,10,15,20,22-23H2,1-4H3,(H,34,38)/t25-,30+/m0/s1. The number of nitrogens with one attached hydrogen (secondary N) is 1. The van der Waals surface area contributed by atoms with Crippen molar-refractivity contribution in [2.75, 3.05) is 17.1 Å². The molecule has 0 spiro atoms. The van der Waals surface area contributed by atoms with Gasteiger partial charge in [0.05, 0.1) is 11.9 Å². The summed E-state index contributed by atoms with van der Waals surface area (Å²) in [7, 11) is -3.56. The molecular weight excluding hydrogens is 558 g/mol. The Hall–Kier alpha value is -3.36. The van der Waals surface area contributed by atoms with E-state index in [0.717, 1.165) is 23.1 Å². The summed E-state index contributed by atoms with van der Waals surface area (Å²) >= 11 is 6.10. The molecule has 2 amide bonds. The van der Waals surface area contributed by atoms with Crippen molar-refractivity contribution in [2.24, 2.45) is 0 Å². The van der Waals surface area contributed by atoms with Crippen molar-refractivity contribution in [3.8, 4) is 0 Å². The predicted octanol–water partition coefficient (Wildman–Crippen LogP) is 5.75. The van der Waals surface area contributed by atoms with E-state index in [2.05, 4.69) is 5.32 Å². The van der Waals surface area contributed by atoms with Crippen molar-refractivity contribution in [3.05, 3.63) is 101 Å². The highest BCUT2D eigenvalue weighted by Crippen LogP contribution is 2.21. The van der Waals surface area contributed by atoms with Crippen LogP contribution < -0.4 is 9.62 Å². The lowest BCUT2D eigenvalue weighted by atomic mass is 10.0. The van der Waals surface area contributed by atoms with Gasteiger partial charge in [-0.15, -0.1) is 0 Å². The van der Waals surface area contributed by atoms with Crippen LogP contribution in [0.4, 0.5) is 5.69 Å². The summed E-state index contributed by atoms with van der Waals surface area (Å²) in [5.74, 6) is -0.444. The molecule has 2 atom stereocenters. The molecule has 3 rings (SSSR count). The molecule has 0 saturated heterocycles. The van der Waals surface area contributed by atoms with Crippen LogP contribution in [0.25, 0.3) is 0 Å². The second-order valence-corrected chi connectivity index (χ2v) is 12.8. The first-order valence-electron chi connectivity index (χ1n) is 13.9. The fraction of sp³-hybridized carbons (Fsp3) is 0.375. The summed E-state index contributed by atoms with van der Waals surface area (Å²) in [6.07, 6.45) is 2.64. The van der Waals surface area contributed by atoms with Crippen molar-refractivity contribution in [3.63, 3.8) is 0 Å². The number of aryl methyl sites for hydroxylation is 1. The minimum Gasteiger partial charge on any atom is -0.352 e. The normalized spacial score (nSPS) is 12.8. The number of amides is 2. The number of rotatable bonds is 14. The number of nitrogens with zero attached hydrogens (tertiary/aromatic N) is 2. The molecule has 1 N–H and O–H groups in total. The summed E-state index contributed by atoms with van der Waals surface area (Å²) in [5, 5.41) is 3.64. The maximum atomic E-state index is 13.9. The van der Waals surface area contributed by atoms with Crippen LogP contribution in [0.3, 0.4) is 0 Å². The van der Waals surface area contributed by atoms with Crippen molar-refractivity contribution in [1.29, 1.82) is 0 Å². The van der Waals surface area contributed by atoms with E-state index >= 15 is 0 Å². The first-order chi connectivity index (χ1) is 19.5. The Kier molecular flexibility index (Phi) is 11.8. The van der Waals surface area contributed by atoms with Gasteiger partial charge in [0.2, 0.25) is 21.8 Å². The van der Waals surface area contributed by atoms with Gasteiger partial charge in [0, 0.05) is 37.0 Å². The molecule has 0 fully saturated rings. The molecule has 0 aromatic heterocycles. The maximum absolute atomic E-state index is 13.9. The van der Waals surface area contributed by atoms with Crippen molar-refractivity contribution >= 4 is 39.1 Å². The molecule has 0 aliphatic carbocycles. The van der Waals surface area contributed by atoms with E-state index < -0.39 is 16.1 Å². The SMILES string of the molecule is CC[C@H](C)NC(=O)[C@@H](Cc1ccccc1)N(Cc1ccc(Cl)cc1)C(=O)CCCN(c1cccc(C)c1)S(C)(=O)=O. The van der Waals surface area contributed by atoms with E-state index in [0.29, 0.717) is 23.6 Å². The van der Waals surface area contributed by atoms with Crippen LogP contribution in [-0.4, -0.2) is 50.0 Å². The molecule has 0 aliphatic heterocycles. The van der Waals surface area contributed by atoms with Gasteiger partial charge in [-0.3, -0.25) is 13.9 Å². The van der Waals surface area contributed by atoms with E-state index in [9.17, 15) is 18.0 Å². The van der Waals surface area contributed by atoms with Crippen LogP contribution in [0.1, 0.15) is 49.8 Å². The Bertz CT molecular complexity index is 1400. The number of carbonyl (C=O) groups is 2. The molecule has 41 heavy (non-hydrogen) atoms. The first kappa shape index (κ1) is 32.2. The molecule has 9 heteroatoms. The second kappa shape index (κ2) is 15.0. The van der Waals surface area contributed by atoms with E-state index in [1.54, 1.807) is 23.1 Å².